The van der Waals surface area contributed by atoms with Crippen LogP contribution in [0.15, 0.2) is 0 Å². The Balaban J connectivity index is 2.17. The van der Waals surface area contributed by atoms with Crippen molar-refractivity contribution in [1.29, 1.82) is 0 Å². The molecule has 5 heteroatoms. The number of nitrogens with zero attached hydrogens (tertiary/aromatic N) is 2. The minimum atomic E-state index is -0.731. The van der Waals surface area contributed by atoms with Crippen LogP contribution < -0.4 is 0 Å². The van der Waals surface area contributed by atoms with Gasteiger partial charge in [-0.3, -0.25) is 0 Å². The molecule has 0 unspecified atom stereocenters. The first-order valence-electron chi connectivity index (χ1n) is 4.54. The maximum atomic E-state index is 13.0. The van der Waals surface area contributed by atoms with E-state index in [9.17, 15) is 4.39 Å². The summed E-state index contributed by atoms with van der Waals surface area (Å²) in [6, 6.07) is 0. The van der Waals surface area contributed by atoms with Gasteiger partial charge < -0.3 is 0 Å². The maximum absolute atomic E-state index is 13.0. The van der Waals surface area contributed by atoms with E-state index in [1.165, 1.54) is 19.3 Å². The molecule has 76 valence electrons. The van der Waals surface area contributed by atoms with Crippen molar-refractivity contribution in [1.82, 2.24) is 9.97 Å². The Bertz CT molecular complexity index is 330. The van der Waals surface area contributed by atoms with Gasteiger partial charge in [-0.15, -0.1) is 0 Å². The van der Waals surface area contributed by atoms with E-state index in [-0.39, 0.29) is 10.3 Å². The molecule has 0 saturated heterocycles. The first-order chi connectivity index (χ1) is 6.66. The molecule has 1 saturated carbocycles. The number of hydrogen-bond acceptors (Lipinski definition) is 2. The monoisotopic (exact) mass is 234 g/mol. The molecule has 14 heavy (non-hydrogen) atoms. The molecular formula is C9H9Cl2FN2. The SMILES string of the molecule is Fc1c(Cl)nc(CC2CCC2)nc1Cl. The predicted octanol–water partition coefficient (Wildman–Crippen LogP) is 3.27. The topological polar surface area (TPSA) is 25.8 Å². The van der Waals surface area contributed by atoms with Crippen LogP contribution in [0, 0.1) is 11.7 Å². The number of aromatic nitrogens is 2. The van der Waals surface area contributed by atoms with Gasteiger partial charge in [0.05, 0.1) is 0 Å². The second-order valence-electron chi connectivity index (χ2n) is 3.54. The van der Waals surface area contributed by atoms with Gasteiger partial charge in [-0.05, 0) is 5.92 Å². The zero-order valence-corrected chi connectivity index (χ0v) is 8.95. The van der Waals surface area contributed by atoms with Crippen LogP contribution >= 0.6 is 23.2 Å². The van der Waals surface area contributed by atoms with E-state index in [0.717, 1.165) is 6.42 Å². The molecule has 1 fully saturated rings. The van der Waals surface area contributed by atoms with Gasteiger partial charge in [0.15, 0.2) is 16.1 Å². The highest BCUT2D eigenvalue weighted by atomic mass is 35.5. The Labute approximate surface area is 91.5 Å². The molecule has 0 aliphatic heterocycles. The molecule has 1 aliphatic carbocycles. The Morgan fingerprint density at radius 2 is 1.79 bits per heavy atom. The van der Waals surface area contributed by atoms with E-state index in [2.05, 4.69) is 9.97 Å². The van der Waals surface area contributed by atoms with Gasteiger partial charge in [-0.25, -0.2) is 14.4 Å². The largest absolute Gasteiger partial charge is 0.218 e. The van der Waals surface area contributed by atoms with Crippen LogP contribution in [-0.2, 0) is 6.42 Å². The fourth-order valence-corrected chi connectivity index (χ4v) is 1.90. The lowest BCUT2D eigenvalue weighted by molar-refractivity contribution is 0.309. The second-order valence-corrected chi connectivity index (χ2v) is 4.25. The lowest BCUT2D eigenvalue weighted by Crippen LogP contribution is -2.15. The van der Waals surface area contributed by atoms with Crippen molar-refractivity contribution in [2.45, 2.75) is 25.7 Å². The molecule has 0 spiro atoms. The number of hydrogen-bond donors (Lipinski definition) is 0. The van der Waals surface area contributed by atoms with Crippen LogP contribution in [0.25, 0.3) is 0 Å². The van der Waals surface area contributed by atoms with Crippen molar-refractivity contribution in [3.8, 4) is 0 Å². The molecule has 0 atom stereocenters. The summed E-state index contributed by atoms with van der Waals surface area (Å²) in [7, 11) is 0. The molecule has 0 bridgehead atoms. The Hall–Kier alpha value is -0.410. The van der Waals surface area contributed by atoms with Crippen molar-refractivity contribution >= 4 is 23.2 Å². The van der Waals surface area contributed by atoms with Gasteiger partial charge in [-0.1, -0.05) is 42.5 Å². The van der Waals surface area contributed by atoms with Crippen LogP contribution in [0.4, 0.5) is 4.39 Å². The smallest absolute Gasteiger partial charge is 0.197 e. The van der Waals surface area contributed by atoms with E-state index in [0.29, 0.717) is 11.7 Å². The molecule has 1 heterocycles. The van der Waals surface area contributed by atoms with Crippen LogP contribution in [0.5, 0.6) is 0 Å². The first-order valence-corrected chi connectivity index (χ1v) is 5.30. The van der Waals surface area contributed by atoms with Crippen molar-refractivity contribution in [3.63, 3.8) is 0 Å². The highest BCUT2D eigenvalue weighted by Gasteiger charge is 2.20. The lowest BCUT2D eigenvalue weighted by atomic mass is 9.83. The van der Waals surface area contributed by atoms with Gasteiger partial charge >= 0.3 is 0 Å². The highest BCUT2D eigenvalue weighted by molar-refractivity contribution is 6.33. The normalized spacial score (nSPS) is 16.8. The maximum Gasteiger partial charge on any atom is 0.197 e. The van der Waals surface area contributed by atoms with E-state index in [4.69, 9.17) is 23.2 Å². The van der Waals surface area contributed by atoms with Gasteiger partial charge in [0, 0.05) is 6.42 Å². The number of halogens is 3. The Kier molecular flexibility index (Phi) is 2.88. The molecule has 1 aromatic heterocycles. The van der Waals surface area contributed by atoms with Crippen molar-refractivity contribution in [2.75, 3.05) is 0 Å². The second kappa shape index (κ2) is 3.99. The van der Waals surface area contributed by atoms with Crippen LogP contribution in [0.3, 0.4) is 0 Å². The number of rotatable bonds is 2. The zero-order chi connectivity index (χ0) is 10.1. The van der Waals surface area contributed by atoms with Crippen molar-refractivity contribution < 1.29 is 4.39 Å². The summed E-state index contributed by atoms with van der Waals surface area (Å²) in [4.78, 5) is 7.70. The van der Waals surface area contributed by atoms with Crippen LogP contribution in [-0.4, -0.2) is 9.97 Å². The van der Waals surface area contributed by atoms with E-state index in [1.807, 2.05) is 0 Å². The fraction of sp³-hybridized carbons (Fsp3) is 0.556. The lowest BCUT2D eigenvalue weighted by Gasteiger charge is -2.24. The fourth-order valence-electron chi connectivity index (χ4n) is 1.48. The quantitative estimate of drug-likeness (QED) is 0.735. The van der Waals surface area contributed by atoms with Crippen molar-refractivity contribution in [3.05, 3.63) is 21.9 Å². The third-order valence-electron chi connectivity index (χ3n) is 2.51. The summed E-state index contributed by atoms with van der Waals surface area (Å²) >= 11 is 11.1. The molecule has 0 radical (unpaired) electrons. The summed E-state index contributed by atoms with van der Waals surface area (Å²) in [5.41, 5.74) is 0. The average molecular weight is 235 g/mol. The Morgan fingerprint density at radius 1 is 1.21 bits per heavy atom. The van der Waals surface area contributed by atoms with Gasteiger partial charge in [0.25, 0.3) is 0 Å². The van der Waals surface area contributed by atoms with Gasteiger partial charge in [0.2, 0.25) is 0 Å². The third-order valence-corrected chi connectivity index (χ3v) is 3.01. The molecule has 2 nitrogen and oxygen atoms in total. The first kappa shape index (κ1) is 10.1. The van der Waals surface area contributed by atoms with Crippen LogP contribution in [0.1, 0.15) is 25.1 Å². The summed E-state index contributed by atoms with van der Waals surface area (Å²) in [6.45, 7) is 0. The molecule has 0 amide bonds. The third kappa shape index (κ3) is 1.98. The minimum absolute atomic E-state index is 0.181. The Morgan fingerprint density at radius 3 is 2.21 bits per heavy atom. The van der Waals surface area contributed by atoms with Gasteiger partial charge in [0.1, 0.15) is 5.82 Å². The molecule has 1 aromatic rings. The summed E-state index contributed by atoms with van der Waals surface area (Å²) in [5.74, 6) is 0.435. The summed E-state index contributed by atoms with van der Waals surface area (Å²) in [5, 5.41) is -0.362. The van der Waals surface area contributed by atoms with Crippen LogP contribution in [0.2, 0.25) is 10.3 Å². The van der Waals surface area contributed by atoms with E-state index < -0.39 is 5.82 Å². The molecule has 2 rings (SSSR count). The minimum Gasteiger partial charge on any atom is -0.218 e. The van der Waals surface area contributed by atoms with E-state index in [1.54, 1.807) is 0 Å². The summed E-state index contributed by atoms with van der Waals surface area (Å²) < 4.78 is 13.0. The molecule has 0 aromatic carbocycles. The molecular weight excluding hydrogens is 226 g/mol. The zero-order valence-electron chi connectivity index (χ0n) is 7.43. The standard InChI is InChI=1S/C9H9Cl2FN2/c10-8-7(12)9(11)14-6(13-8)4-5-2-1-3-5/h5H,1-4H2. The predicted molar refractivity (Wildman–Crippen MR) is 53.1 cm³/mol. The van der Waals surface area contributed by atoms with Crippen molar-refractivity contribution in [2.24, 2.45) is 5.92 Å². The van der Waals surface area contributed by atoms with Gasteiger partial charge in [-0.2, -0.15) is 0 Å². The highest BCUT2D eigenvalue weighted by Crippen LogP contribution is 2.29. The molecule has 0 N–H and O–H groups in total. The average Bonchev–Trinajstić information content (AvgIpc) is 2.07. The molecule has 1 aliphatic rings. The summed E-state index contributed by atoms with van der Waals surface area (Å²) in [6.07, 6.45) is 4.39. The van der Waals surface area contributed by atoms with E-state index >= 15 is 0 Å².